The second kappa shape index (κ2) is 11.1. The minimum atomic E-state index is -4.68. The minimum absolute atomic E-state index is 0.0213. The zero-order valence-corrected chi connectivity index (χ0v) is 18.9. The maximum Gasteiger partial charge on any atom is 0.470 e. The van der Waals surface area contributed by atoms with Gasteiger partial charge in [0.25, 0.3) is 0 Å². The van der Waals surface area contributed by atoms with Crippen molar-refractivity contribution in [1.82, 2.24) is 15.5 Å². The molecular weight excluding hydrogens is 449 g/mol. The van der Waals surface area contributed by atoms with Crippen LogP contribution in [0.1, 0.15) is 49.7 Å². The molecule has 3 N–H and O–H groups in total. The van der Waals surface area contributed by atoms with Gasteiger partial charge < -0.3 is 20.2 Å². The van der Waals surface area contributed by atoms with Crippen molar-refractivity contribution in [3.8, 4) is 11.5 Å². The van der Waals surface area contributed by atoms with Crippen molar-refractivity contribution in [3.63, 3.8) is 0 Å². The molecule has 2 aromatic carbocycles. The Hall–Kier alpha value is -3.40. The molecule has 3 aromatic rings. The zero-order chi connectivity index (χ0) is 24.7. The van der Waals surface area contributed by atoms with Gasteiger partial charge in [-0.05, 0) is 41.3 Å². The van der Waals surface area contributed by atoms with Crippen LogP contribution >= 0.6 is 0 Å². The number of anilines is 1. The Labute approximate surface area is 195 Å². The van der Waals surface area contributed by atoms with Gasteiger partial charge in [0, 0.05) is 24.3 Å². The zero-order valence-electron chi connectivity index (χ0n) is 18.9. The number of benzene rings is 2. The van der Waals surface area contributed by atoms with Crippen LogP contribution in [-0.4, -0.2) is 27.8 Å². The van der Waals surface area contributed by atoms with Gasteiger partial charge in [-0.25, -0.2) is 0 Å². The summed E-state index contributed by atoms with van der Waals surface area (Å²) in [5.74, 6) is -2.10. The number of carboxylic acids is 1. The predicted octanol–water partition coefficient (Wildman–Crippen LogP) is 5.52. The van der Waals surface area contributed by atoms with E-state index in [1.165, 1.54) is 0 Å². The number of hydrogen-bond acceptors (Lipinski definition) is 6. The summed E-state index contributed by atoms with van der Waals surface area (Å²) in [6, 6.07) is 14.9. The Balaban J connectivity index is 1.69. The van der Waals surface area contributed by atoms with Crippen LogP contribution in [0.4, 0.5) is 18.9 Å². The van der Waals surface area contributed by atoms with Gasteiger partial charge in [0.15, 0.2) is 0 Å². The molecule has 0 aliphatic rings. The Morgan fingerprint density at radius 2 is 1.76 bits per heavy atom. The van der Waals surface area contributed by atoms with Crippen molar-refractivity contribution < 1.29 is 27.5 Å². The second-order valence-electron chi connectivity index (χ2n) is 8.06. The standard InChI is InChI=1S/C24H27F3N4O3/c1-3-15(2)21(29-19-10-4-16(5-11-19)14-28-13-12-20(32)33)17-6-8-18(9-7-17)22-30-31-23(34-22)24(25,26)27/h4-11,15,21,28-29H,3,12-14H2,1-2H3,(H,32,33). The number of aliphatic carboxylic acids is 1. The van der Waals surface area contributed by atoms with Crippen molar-refractivity contribution >= 4 is 11.7 Å². The van der Waals surface area contributed by atoms with E-state index >= 15 is 0 Å². The smallest absolute Gasteiger partial charge is 0.470 e. The monoisotopic (exact) mass is 476 g/mol. The van der Waals surface area contributed by atoms with Crippen LogP contribution < -0.4 is 10.6 Å². The van der Waals surface area contributed by atoms with Gasteiger partial charge >= 0.3 is 18.0 Å². The molecule has 2 unspecified atom stereocenters. The Bertz CT molecular complexity index is 1070. The molecule has 0 amide bonds. The van der Waals surface area contributed by atoms with E-state index in [1.54, 1.807) is 12.1 Å². The molecule has 0 radical (unpaired) electrons. The Morgan fingerprint density at radius 1 is 1.09 bits per heavy atom. The third kappa shape index (κ3) is 6.80. The molecule has 0 aliphatic carbocycles. The van der Waals surface area contributed by atoms with Crippen LogP contribution in [0, 0.1) is 5.92 Å². The Morgan fingerprint density at radius 3 is 2.32 bits per heavy atom. The van der Waals surface area contributed by atoms with E-state index in [0.717, 1.165) is 23.2 Å². The molecule has 3 rings (SSSR count). The third-order valence-corrected chi connectivity index (χ3v) is 5.52. The lowest BCUT2D eigenvalue weighted by molar-refractivity contribution is -0.157. The van der Waals surface area contributed by atoms with Gasteiger partial charge in [0.1, 0.15) is 0 Å². The maximum absolute atomic E-state index is 12.7. The fourth-order valence-electron chi connectivity index (χ4n) is 3.40. The molecule has 0 aliphatic heterocycles. The summed E-state index contributed by atoms with van der Waals surface area (Å²) in [7, 11) is 0. The van der Waals surface area contributed by atoms with E-state index < -0.39 is 18.0 Å². The highest BCUT2D eigenvalue weighted by Crippen LogP contribution is 2.32. The lowest BCUT2D eigenvalue weighted by Crippen LogP contribution is -2.19. The number of rotatable bonds is 11. The summed E-state index contributed by atoms with van der Waals surface area (Å²) in [4.78, 5) is 10.6. The van der Waals surface area contributed by atoms with Crippen LogP contribution in [0.3, 0.4) is 0 Å². The minimum Gasteiger partial charge on any atom is -0.481 e. The van der Waals surface area contributed by atoms with E-state index in [2.05, 4.69) is 34.7 Å². The molecule has 1 heterocycles. The number of aromatic nitrogens is 2. The fourth-order valence-corrected chi connectivity index (χ4v) is 3.40. The summed E-state index contributed by atoms with van der Waals surface area (Å²) in [5.41, 5.74) is 3.36. The third-order valence-electron chi connectivity index (χ3n) is 5.52. The second-order valence-corrected chi connectivity index (χ2v) is 8.06. The van der Waals surface area contributed by atoms with Gasteiger partial charge in [-0.1, -0.05) is 44.5 Å². The van der Waals surface area contributed by atoms with Crippen LogP contribution in [-0.2, 0) is 17.5 Å². The number of hydrogen-bond donors (Lipinski definition) is 3. The summed E-state index contributed by atoms with van der Waals surface area (Å²) >= 11 is 0. The van der Waals surface area contributed by atoms with Gasteiger partial charge in [0.2, 0.25) is 5.89 Å². The molecule has 182 valence electrons. The molecule has 1 aromatic heterocycles. The summed E-state index contributed by atoms with van der Waals surface area (Å²) in [6.07, 6.45) is -3.69. The molecule has 7 nitrogen and oxygen atoms in total. The fraction of sp³-hybridized carbons (Fsp3) is 0.375. The number of nitrogens with zero attached hydrogens (tertiary/aromatic N) is 2. The van der Waals surface area contributed by atoms with Crippen LogP contribution in [0.25, 0.3) is 11.5 Å². The normalized spacial score (nSPS) is 13.4. The van der Waals surface area contributed by atoms with E-state index in [-0.39, 0.29) is 24.3 Å². The van der Waals surface area contributed by atoms with Crippen LogP contribution in [0.2, 0.25) is 0 Å². The average molecular weight is 476 g/mol. The predicted molar refractivity (Wildman–Crippen MR) is 121 cm³/mol. The summed E-state index contributed by atoms with van der Waals surface area (Å²) in [6.45, 7) is 5.20. The highest BCUT2D eigenvalue weighted by atomic mass is 19.4. The molecule has 0 saturated heterocycles. The first-order valence-electron chi connectivity index (χ1n) is 11.0. The van der Waals surface area contributed by atoms with Gasteiger partial charge in [-0.3, -0.25) is 4.79 Å². The van der Waals surface area contributed by atoms with Gasteiger partial charge in [0.05, 0.1) is 12.5 Å². The largest absolute Gasteiger partial charge is 0.481 e. The lowest BCUT2D eigenvalue weighted by atomic mass is 9.91. The highest BCUT2D eigenvalue weighted by molar-refractivity contribution is 5.66. The van der Waals surface area contributed by atoms with Gasteiger partial charge in [-0.2, -0.15) is 13.2 Å². The molecule has 0 fully saturated rings. The first-order valence-corrected chi connectivity index (χ1v) is 11.0. The SMILES string of the molecule is CCC(C)C(Nc1ccc(CNCCC(=O)O)cc1)c1ccc(-c2nnc(C(F)(F)F)o2)cc1. The maximum atomic E-state index is 12.7. The number of halogens is 3. The molecule has 2 atom stereocenters. The molecule has 34 heavy (non-hydrogen) atoms. The molecule has 0 spiro atoms. The van der Waals surface area contributed by atoms with E-state index in [4.69, 9.17) is 9.52 Å². The lowest BCUT2D eigenvalue weighted by Gasteiger charge is -2.26. The van der Waals surface area contributed by atoms with E-state index in [0.29, 0.717) is 18.7 Å². The summed E-state index contributed by atoms with van der Waals surface area (Å²) in [5, 5.41) is 21.9. The molecule has 0 saturated carbocycles. The first kappa shape index (κ1) is 25.2. The van der Waals surface area contributed by atoms with E-state index in [9.17, 15) is 18.0 Å². The highest BCUT2D eigenvalue weighted by Gasteiger charge is 2.38. The average Bonchev–Trinajstić information content (AvgIpc) is 3.32. The Kier molecular flexibility index (Phi) is 8.27. The number of carbonyl (C=O) groups is 1. The van der Waals surface area contributed by atoms with Crippen LogP contribution in [0.15, 0.2) is 52.9 Å². The van der Waals surface area contributed by atoms with Crippen molar-refractivity contribution in [3.05, 3.63) is 65.5 Å². The van der Waals surface area contributed by atoms with Crippen molar-refractivity contribution in [2.45, 2.75) is 45.5 Å². The van der Waals surface area contributed by atoms with Gasteiger partial charge in [-0.15, -0.1) is 10.2 Å². The van der Waals surface area contributed by atoms with Crippen molar-refractivity contribution in [2.24, 2.45) is 5.92 Å². The van der Waals surface area contributed by atoms with E-state index in [1.807, 2.05) is 36.4 Å². The molecule has 10 heteroatoms. The molecule has 0 bridgehead atoms. The quantitative estimate of drug-likeness (QED) is 0.313. The molecular formula is C24H27F3N4O3. The number of nitrogens with one attached hydrogen (secondary N) is 2. The first-order chi connectivity index (χ1) is 16.2. The number of carboxylic acid groups (broad SMARTS) is 1. The number of alkyl halides is 3. The van der Waals surface area contributed by atoms with Crippen molar-refractivity contribution in [2.75, 3.05) is 11.9 Å². The topological polar surface area (TPSA) is 100 Å². The van der Waals surface area contributed by atoms with Crippen molar-refractivity contribution in [1.29, 1.82) is 0 Å². The summed E-state index contributed by atoms with van der Waals surface area (Å²) < 4.78 is 42.9. The van der Waals surface area contributed by atoms with Crippen LogP contribution in [0.5, 0.6) is 0 Å².